The number of rotatable bonds is 3. The third-order valence-electron chi connectivity index (χ3n) is 3.59. The molecule has 1 unspecified atom stereocenters. The lowest BCUT2D eigenvalue weighted by Crippen LogP contribution is -2.48. The summed E-state index contributed by atoms with van der Waals surface area (Å²) in [5.41, 5.74) is 0. The van der Waals surface area contributed by atoms with E-state index in [-0.39, 0.29) is 6.04 Å². The van der Waals surface area contributed by atoms with Gasteiger partial charge in [0.05, 0.1) is 6.54 Å². The second-order valence-corrected chi connectivity index (χ2v) is 5.34. The molecule has 7 heteroatoms. The topological polar surface area (TPSA) is 39.7 Å². The van der Waals surface area contributed by atoms with Gasteiger partial charge in [-0.1, -0.05) is 12.2 Å². The van der Waals surface area contributed by atoms with Crippen LogP contribution in [0.25, 0.3) is 0 Å². The number of aliphatic imine (C=N–C) groups is 1. The standard InChI is InChI=1S/C13H21F3N4/c1-17-12(18-10-4-2-3-5-10)19-11-6-7-20(8-11)9-13(14,15)16/h2-3,10-11H,4-9H2,1H3,(H2,17,18,19). The van der Waals surface area contributed by atoms with Gasteiger partial charge >= 0.3 is 6.18 Å². The van der Waals surface area contributed by atoms with Gasteiger partial charge in [-0.2, -0.15) is 13.2 Å². The molecule has 0 radical (unpaired) electrons. The zero-order valence-corrected chi connectivity index (χ0v) is 11.6. The molecule has 0 saturated carbocycles. The fraction of sp³-hybridized carbons (Fsp3) is 0.769. The Balaban J connectivity index is 1.75. The van der Waals surface area contributed by atoms with E-state index >= 15 is 0 Å². The zero-order valence-electron chi connectivity index (χ0n) is 11.6. The molecular formula is C13H21F3N4. The van der Waals surface area contributed by atoms with Crippen LogP contribution in [0.3, 0.4) is 0 Å². The van der Waals surface area contributed by atoms with Gasteiger partial charge in [0, 0.05) is 32.2 Å². The predicted molar refractivity (Wildman–Crippen MR) is 72.7 cm³/mol. The molecule has 2 aliphatic rings. The number of alkyl halides is 3. The summed E-state index contributed by atoms with van der Waals surface area (Å²) in [7, 11) is 1.68. The largest absolute Gasteiger partial charge is 0.401 e. The van der Waals surface area contributed by atoms with E-state index in [1.165, 1.54) is 4.90 Å². The van der Waals surface area contributed by atoms with E-state index in [9.17, 15) is 13.2 Å². The number of guanidine groups is 1. The third-order valence-corrected chi connectivity index (χ3v) is 3.59. The molecule has 1 saturated heterocycles. The average molecular weight is 290 g/mol. The maximum atomic E-state index is 12.3. The maximum Gasteiger partial charge on any atom is 0.401 e. The van der Waals surface area contributed by atoms with Crippen molar-refractivity contribution >= 4 is 5.96 Å². The summed E-state index contributed by atoms with van der Waals surface area (Å²) in [6.07, 6.45) is 2.75. The van der Waals surface area contributed by atoms with Crippen LogP contribution in [-0.4, -0.2) is 55.8 Å². The number of nitrogens with one attached hydrogen (secondary N) is 2. The normalized spacial score (nSPS) is 25.4. The van der Waals surface area contributed by atoms with Crippen molar-refractivity contribution < 1.29 is 13.2 Å². The summed E-state index contributed by atoms with van der Waals surface area (Å²) < 4.78 is 37.0. The molecule has 20 heavy (non-hydrogen) atoms. The third kappa shape index (κ3) is 4.70. The van der Waals surface area contributed by atoms with Crippen LogP contribution in [0.5, 0.6) is 0 Å². The Morgan fingerprint density at radius 2 is 1.90 bits per heavy atom. The molecule has 2 N–H and O–H groups in total. The van der Waals surface area contributed by atoms with Crippen molar-refractivity contribution in [2.24, 2.45) is 4.99 Å². The minimum Gasteiger partial charge on any atom is -0.353 e. The van der Waals surface area contributed by atoms with Crippen molar-refractivity contribution in [3.8, 4) is 0 Å². The lowest BCUT2D eigenvalue weighted by atomic mass is 10.2. The van der Waals surface area contributed by atoms with Crippen molar-refractivity contribution in [1.29, 1.82) is 0 Å². The molecule has 0 aromatic carbocycles. The summed E-state index contributed by atoms with van der Waals surface area (Å²) in [6.45, 7) is 0.0477. The molecule has 0 spiro atoms. The van der Waals surface area contributed by atoms with Gasteiger partial charge in [-0.15, -0.1) is 0 Å². The van der Waals surface area contributed by atoms with Crippen LogP contribution in [0.4, 0.5) is 13.2 Å². The molecule has 2 rings (SSSR count). The molecule has 0 bridgehead atoms. The van der Waals surface area contributed by atoms with Crippen molar-refractivity contribution in [3.05, 3.63) is 12.2 Å². The van der Waals surface area contributed by atoms with Gasteiger partial charge < -0.3 is 10.6 Å². The fourth-order valence-electron chi connectivity index (χ4n) is 2.64. The van der Waals surface area contributed by atoms with Crippen molar-refractivity contribution in [1.82, 2.24) is 15.5 Å². The first-order valence-corrected chi connectivity index (χ1v) is 6.90. The highest BCUT2D eigenvalue weighted by Gasteiger charge is 2.34. The van der Waals surface area contributed by atoms with Gasteiger partial charge in [0.2, 0.25) is 0 Å². The van der Waals surface area contributed by atoms with Crippen LogP contribution in [0, 0.1) is 0 Å². The van der Waals surface area contributed by atoms with Crippen molar-refractivity contribution in [2.75, 3.05) is 26.7 Å². The summed E-state index contributed by atoms with van der Waals surface area (Å²) in [6, 6.07) is 0.367. The van der Waals surface area contributed by atoms with Gasteiger partial charge in [0.25, 0.3) is 0 Å². The van der Waals surface area contributed by atoms with Gasteiger partial charge in [-0.3, -0.25) is 9.89 Å². The highest BCUT2D eigenvalue weighted by molar-refractivity contribution is 5.80. The quantitative estimate of drug-likeness (QED) is 0.470. The van der Waals surface area contributed by atoms with Crippen LogP contribution in [-0.2, 0) is 0 Å². The predicted octanol–water partition coefficient (Wildman–Crippen LogP) is 1.51. The first-order chi connectivity index (χ1) is 9.46. The van der Waals surface area contributed by atoms with Crippen LogP contribution in [0.1, 0.15) is 19.3 Å². The van der Waals surface area contributed by atoms with E-state index in [0.29, 0.717) is 31.5 Å². The minimum absolute atomic E-state index is 0.0258. The van der Waals surface area contributed by atoms with Gasteiger partial charge in [0.15, 0.2) is 5.96 Å². The van der Waals surface area contributed by atoms with E-state index < -0.39 is 12.7 Å². The molecule has 0 aromatic heterocycles. The van der Waals surface area contributed by atoms with Crippen LogP contribution >= 0.6 is 0 Å². The summed E-state index contributed by atoms with van der Waals surface area (Å²) in [5, 5.41) is 6.50. The molecule has 114 valence electrons. The number of hydrogen-bond acceptors (Lipinski definition) is 2. The highest BCUT2D eigenvalue weighted by Crippen LogP contribution is 2.20. The molecule has 0 amide bonds. The Labute approximate surface area is 117 Å². The second kappa shape index (κ2) is 6.47. The fourth-order valence-corrected chi connectivity index (χ4v) is 2.64. The molecule has 1 fully saturated rings. The monoisotopic (exact) mass is 290 g/mol. The molecule has 4 nitrogen and oxygen atoms in total. The van der Waals surface area contributed by atoms with E-state index in [1.807, 2.05) is 0 Å². The smallest absolute Gasteiger partial charge is 0.353 e. The number of hydrogen-bond donors (Lipinski definition) is 2. The van der Waals surface area contributed by atoms with Crippen LogP contribution < -0.4 is 10.6 Å². The first-order valence-electron chi connectivity index (χ1n) is 6.90. The highest BCUT2D eigenvalue weighted by atomic mass is 19.4. The van der Waals surface area contributed by atoms with Gasteiger partial charge in [-0.25, -0.2) is 0 Å². The molecule has 0 aromatic rings. The summed E-state index contributed by atoms with van der Waals surface area (Å²) in [4.78, 5) is 5.57. The number of likely N-dealkylation sites (tertiary alicyclic amines) is 1. The minimum atomic E-state index is -4.12. The number of nitrogens with zero attached hydrogens (tertiary/aromatic N) is 2. The zero-order chi connectivity index (χ0) is 14.6. The Kier molecular flexibility index (Phi) is 4.91. The Morgan fingerprint density at radius 3 is 2.50 bits per heavy atom. The van der Waals surface area contributed by atoms with Crippen molar-refractivity contribution in [2.45, 2.75) is 37.5 Å². The molecule has 1 atom stereocenters. The van der Waals surface area contributed by atoms with Crippen LogP contribution in [0.2, 0.25) is 0 Å². The average Bonchev–Trinajstić information content (AvgIpc) is 2.98. The van der Waals surface area contributed by atoms with E-state index in [2.05, 4.69) is 27.8 Å². The molecular weight excluding hydrogens is 269 g/mol. The van der Waals surface area contributed by atoms with Gasteiger partial charge in [-0.05, 0) is 19.3 Å². The first kappa shape index (κ1) is 15.2. The lowest BCUT2D eigenvalue weighted by molar-refractivity contribution is -0.143. The summed E-state index contributed by atoms with van der Waals surface area (Å²) >= 11 is 0. The Morgan fingerprint density at radius 1 is 1.25 bits per heavy atom. The van der Waals surface area contributed by atoms with E-state index in [0.717, 1.165) is 12.8 Å². The van der Waals surface area contributed by atoms with E-state index in [1.54, 1.807) is 7.05 Å². The molecule has 1 aliphatic carbocycles. The maximum absolute atomic E-state index is 12.3. The van der Waals surface area contributed by atoms with Crippen molar-refractivity contribution in [3.63, 3.8) is 0 Å². The second-order valence-electron chi connectivity index (χ2n) is 5.34. The van der Waals surface area contributed by atoms with Crippen LogP contribution in [0.15, 0.2) is 17.1 Å². The Bertz CT molecular complexity index is 370. The summed E-state index contributed by atoms with van der Waals surface area (Å²) in [5.74, 6) is 0.678. The SMILES string of the molecule is CN=C(NC1CC=CC1)NC1CCN(CC(F)(F)F)C1. The lowest BCUT2D eigenvalue weighted by Gasteiger charge is -2.21. The van der Waals surface area contributed by atoms with Gasteiger partial charge in [0.1, 0.15) is 0 Å². The molecule has 1 aliphatic heterocycles. The number of halogens is 3. The van der Waals surface area contributed by atoms with E-state index in [4.69, 9.17) is 0 Å². The Hall–Kier alpha value is -1.24. The molecule has 1 heterocycles.